The predicted octanol–water partition coefficient (Wildman–Crippen LogP) is 4.43. The largest absolute Gasteiger partial charge is 0.463 e. The molecule has 0 radical (unpaired) electrons. The second-order valence-electron chi connectivity index (χ2n) is 7.96. The Balaban J connectivity index is 1.97. The summed E-state index contributed by atoms with van der Waals surface area (Å²) >= 11 is 6.76. The van der Waals surface area contributed by atoms with Crippen LogP contribution in [0.25, 0.3) is 6.08 Å². The van der Waals surface area contributed by atoms with Gasteiger partial charge in [-0.25, -0.2) is 9.79 Å². The summed E-state index contributed by atoms with van der Waals surface area (Å²) in [7, 11) is 0. The van der Waals surface area contributed by atoms with E-state index in [1.54, 1.807) is 12.1 Å². The predicted molar refractivity (Wildman–Crippen MR) is 135 cm³/mol. The molecule has 0 amide bonds. The smallest absolute Gasteiger partial charge is 0.434 e. The molecule has 1 atom stereocenters. The highest BCUT2D eigenvalue weighted by Gasteiger charge is 2.45. The van der Waals surface area contributed by atoms with E-state index < -0.39 is 35.0 Å². The first kappa shape index (κ1) is 26.7. The van der Waals surface area contributed by atoms with E-state index in [0.717, 1.165) is 15.9 Å². The molecule has 0 saturated carbocycles. The van der Waals surface area contributed by atoms with Crippen molar-refractivity contribution in [3.8, 4) is 0 Å². The topological polar surface area (TPSA) is 77.0 Å². The third-order valence-corrected chi connectivity index (χ3v) is 6.98. The molecule has 3 aromatic rings. The molecule has 2 aromatic heterocycles. The summed E-state index contributed by atoms with van der Waals surface area (Å²) in [6.07, 6.45) is -3.52. The maximum atomic E-state index is 14.1. The van der Waals surface area contributed by atoms with Gasteiger partial charge in [0.25, 0.3) is 5.56 Å². The van der Waals surface area contributed by atoms with Crippen LogP contribution < -0.4 is 19.8 Å². The van der Waals surface area contributed by atoms with Crippen molar-refractivity contribution in [2.24, 2.45) is 4.99 Å². The highest BCUT2D eigenvalue weighted by molar-refractivity contribution is 7.07. The van der Waals surface area contributed by atoms with Gasteiger partial charge in [-0.1, -0.05) is 35.1 Å². The Morgan fingerprint density at radius 2 is 1.86 bits per heavy atom. The van der Waals surface area contributed by atoms with E-state index in [2.05, 4.69) is 4.99 Å². The summed E-state index contributed by atoms with van der Waals surface area (Å²) in [5, 5.41) is 0.343. The van der Waals surface area contributed by atoms with Crippen molar-refractivity contribution in [1.29, 1.82) is 0 Å². The molecule has 1 aliphatic rings. The minimum absolute atomic E-state index is 0.102. The lowest BCUT2D eigenvalue weighted by atomic mass is 9.95. The quantitative estimate of drug-likeness (QED) is 0.405. The van der Waals surface area contributed by atoms with Crippen LogP contribution in [0.3, 0.4) is 0 Å². The van der Waals surface area contributed by atoms with E-state index in [-0.39, 0.29) is 21.5 Å². The average Bonchev–Trinajstić information content (AvgIpc) is 3.43. The van der Waals surface area contributed by atoms with Gasteiger partial charge in [-0.3, -0.25) is 9.36 Å². The van der Waals surface area contributed by atoms with Gasteiger partial charge < -0.3 is 14.1 Å². The molecule has 0 saturated heterocycles. The zero-order chi connectivity index (χ0) is 26.9. The number of alkyl halides is 3. The third-order valence-electron chi connectivity index (χ3n) is 5.74. The van der Waals surface area contributed by atoms with Crippen molar-refractivity contribution in [3.05, 3.63) is 83.7 Å². The number of aromatic nitrogens is 1. The van der Waals surface area contributed by atoms with Gasteiger partial charge in [0.15, 0.2) is 16.4 Å². The summed E-state index contributed by atoms with van der Waals surface area (Å²) < 4.78 is 54.4. The lowest BCUT2D eigenvalue weighted by Gasteiger charge is -2.26. The first-order valence-corrected chi connectivity index (χ1v) is 12.7. The van der Waals surface area contributed by atoms with Gasteiger partial charge in [-0.15, -0.1) is 0 Å². The summed E-state index contributed by atoms with van der Waals surface area (Å²) in [4.78, 5) is 31.9. The standard InChI is InChI=1S/C25H23ClF3N3O4S/c1-4-31(5-2)18-12-11-16(36-18)13-17-22(33)32-20(14-7-9-15(26)10-8-14)19(23(34)35-6-3)21(25(27,28)29)30-24(32)37-17/h7-13,20H,4-6H2,1-3H3/b17-13-/t20-/m0/s1. The molecule has 3 heterocycles. The number of halogens is 4. The highest BCUT2D eigenvalue weighted by Crippen LogP contribution is 2.38. The van der Waals surface area contributed by atoms with Crippen LogP contribution in [-0.4, -0.2) is 36.4 Å². The number of carbonyl (C=O) groups excluding carboxylic acids is 1. The maximum Gasteiger partial charge on any atom is 0.434 e. The highest BCUT2D eigenvalue weighted by atomic mass is 35.5. The van der Waals surface area contributed by atoms with Crippen LogP contribution in [0.15, 0.2) is 61.9 Å². The monoisotopic (exact) mass is 553 g/mol. The number of ether oxygens (including phenoxy) is 1. The Morgan fingerprint density at radius 1 is 1.19 bits per heavy atom. The molecule has 0 bridgehead atoms. The Hall–Kier alpha value is -3.31. The van der Waals surface area contributed by atoms with E-state index in [0.29, 0.717) is 29.8 Å². The zero-order valence-electron chi connectivity index (χ0n) is 20.1. The number of thiazole rings is 1. The molecular formula is C25H23ClF3N3O4S. The SMILES string of the molecule is CCOC(=O)C1=C(C(F)(F)F)N=c2s/c(=C\c3ccc(N(CC)CC)o3)c(=O)n2[C@H]1c1ccc(Cl)cc1. The van der Waals surface area contributed by atoms with Crippen LogP contribution in [0, 0.1) is 0 Å². The second-order valence-corrected chi connectivity index (χ2v) is 9.41. The number of nitrogens with zero attached hydrogens (tertiary/aromatic N) is 3. The fourth-order valence-electron chi connectivity index (χ4n) is 4.06. The molecule has 37 heavy (non-hydrogen) atoms. The molecule has 0 aliphatic carbocycles. The fourth-order valence-corrected chi connectivity index (χ4v) is 5.16. The van der Waals surface area contributed by atoms with Crippen LogP contribution in [-0.2, 0) is 9.53 Å². The molecular weight excluding hydrogens is 531 g/mol. The van der Waals surface area contributed by atoms with Crippen molar-refractivity contribution in [3.63, 3.8) is 0 Å². The number of esters is 1. The van der Waals surface area contributed by atoms with Gasteiger partial charge in [-0.05, 0) is 44.5 Å². The first-order chi connectivity index (χ1) is 17.6. The van der Waals surface area contributed by atoms with Crippen molar-refractivity contribution in [2.75, 3.05) is 24.6 Å². The maximum absolute atomic E-state index is 14.1. The van der Waals surface area contributed by atoms with Crippen molar-refractivity contribution >= 4 is 40.9 Å². The average molecular weight is 554 g/mol. The molecule has 4 rings (SSSR count). The van der Waals surface area contributed by atoms with E-state index in [4.69, 9.17) is 20.8 Å². The number of allylic oxidation sites excluding steroid dienone is 1. The van der Waals surface area contributed by atoms with Crippen molar-refractivity contribution in [1.82, 2.24) is 4.57 Å². The Labute approximate surface area is 218 Å². The van der Waals surface area contributed by atoms with Gasteiger partial charge in [-0.2, -0.15) is 13.2 Å². The van der Waals surface area contributed by atoms with E-state index >= 15 is 0 Å². The molecule has 0 N–H and O–H groups in total. The summed E-state index contributed by atoms with van der Waals surface area (Å²) in [6.45, 7) is 6.69. The molecule has 0 spiro atoms. The van der Waals surface area contributed by atoms with E-state index in [1.165, 1.54) is 37.3 Å². The molecule has 0 fully saturated rings. The van der Waals surface area contributed by atoms with Crippen LogP contribution >= 0.6 is 22.9 Å². The molecule has 1 aromatic carbocycles. The number of fused-ring (bicyclic) bond motifs is 1. The Kier molecular flexibility index (Phi) is 7.65. The summed E-state index contributed by atoms with van der Waals surface area (Å²) in [6, 6.07) is 7.88. The minimum atomic E-state index is -4.97. The molecule has 7 nitrogen and oxygen atoms in total. The lowest BCUT2D eigenvalue weighted by Crippen LogP contribution is -2.41. The van der Waals surface area contributed by atoms with Gasteiger partial charge >= 0.3 is 12.1 Å². The lowest BCUT2D eigenvalue weighted by molar-refractivity contribution is -0.140. The third kappa shape index (κ3) is 5.24. The molecule has 196 valence electrons. The van der Waals surface area contributed by atoms with Gasteiger partial charge in [0.1, 0.15) is 5.76 Å². The Morgan fingerprint density at radius 3 is 2.46 bits per heavy atom. The first-order valence-electron chi connectivity index (χ1n) is 11.5. The van der Waals surface area contributed by atoms with E-state index in [1.807, 2.05) is 18.7 Å². The molecule has 0 unspecified atom stereocenters. The summed E-state index contributed by atoms with van der Waals surface area (Å²) in [5.74, 6) is -0.245. The van der Waals surface area contributed by atoms with Crippen LogP contribution in [0.1, 0.15) is 38.1 Å². The number of hydrogen-bond donors (Lipinski definition) is 0. The van der Waals surface area contributed by atoms with Crippen molar-refractivity contribution < 1.29 is 27.1 Å². The normalized spacial score (nSPS) is 16.0. The Bertz CT molecular complexity index is 1520. The van der Waals surface area contributed by atoms with Gasteiger partial charge in [0, 0.05) is 30.3 Å². The van der Waals surface area contributed by atoms with Crippen LogP contribution in [0.4, 0.5) is 19.1 Å². The second kappa shape index (κ2) is 10.6. The number of rotatable bonds is 7. The number of carbonyl (C=O) groups is 1. The van der Waals surface area contributed by atoms with Crippen LogP contribution in [0.2, 0.25) is 5.02 Å². The number of anilines is 1. The minimum Gasteiger partial charge on any atom is -0.463 e. The number of furan rings is 1. The zero-order valence-corrected chi connectivity index (χ0v) is 21.7. The molecule has 1 aliphatic heterocycles. The summed E-state index contributed by atoms with van der Waals surface area (Å²) in [5.41, 5.74) is -2.54. The van der Waals surface area contributed by atoms with Gasteiger partial charge in [0.2, 0.25) is 0 Å². The number of benzene rings is 1. The number of hydrogen-bond acceptors (Lipinski definition) is 7. The van der Waals surface area contributed by atoms with E-state index in [9.17, 15) is 22.8 Å². The molecule has 12 heteroatoms. The fraction of sp³-hybridized carbons (Fsp3) is 0.320. The van der Waals surface area contributed by atoms with Gasteiger partial charge in [0.05, 0.1) is 22.8 Å². The van der Waals surface area contributed by atoms with Crippen molar-refractivity contribution in [2.45, 2.75) is 33.0 Å². The van der Waals surface area contributed by atoms with Crippen LogP contribution in [0.5, 0.6) is 0 Å².